The van der Waals surface area contributed by atoms with Crippen LogP contribution in [0.4, 0.5) is 5.69 Å². The predicted molar refractivity (Wildman–Crippen MR) is 66.9 cm³/mol. The molecule has 1 aliphatic carbocycles. The summed E-state index contributed by atoms with van der Waals surface area (Å²) in [6.45, 7) is 2.18. The number of nitrogens with zero attached hydrogens (tertiary/aromatic N) is 1. The molecule has 0 radical (unpaired) electrons. The molecule has 0 unspecified atom stereocenters. The Balaban J connectivity index is 2.14. The van der Waals surface area contributed by atoms with Gasteiger partial charge in [0.1, 0.15) is 5.56 Å². The van der Waals surface area contributed by atoms with E-state index in [1.807, 2.05) is 12.4 Å². The molecule has 2 rings (SSSR count). The lowest BCUT2D eigenvalue weighted by Crippen LogP contribution is -2.11. The maximum atomic E-state index is 11.6. The molecule has 17 heavy (non-hydrogen) atoms. The maximum Gasteiger partial charge on any atom is 0.341 e. The Morgan fingerprint density at radius 1 is 1.41 bits per heavy atom. The number of nitrogens with two attached hydrogens (primary N) is 1. The summed E-state index contributed by atoms with van der Waals surface area (Å²) >= 11 is 0. The van der Waals surface area contributed by atoms with E-state index in [1.54, 1.807) is 6.92 Å². The Kier molecular flexibility index (Phi) is 3.71. The van der Waals surface area contributed by atoms with Crippen molar-refractivity contribution < 1.29 is 9.53 Å². The highest BCUT2D eigenvalue weighted by Gasteiger charge is 2.19. The van der Waals surface area contributed by atoms with Gasteiger partial charge in [-0.25, -0.2) is 4.79 Å². The van der Waals surface area contributed by atoms with Gasteiger partial charge in [0.15, 0.2) is 0 Å². The molecule has 0 amide bonds. The molecular weight excluding hydrogens is 216 g/mol. The summed E-state index contributed by atoms with van der Waals surface area (Å²) in [6, 6.07) is 0.495. The maximum absolute atomic E-state index is 11.6. The van der Waals surface area contributed by atoms with Crippen LogP contribution in [0.1, 0.15) is 55.4 Å². The smallest absolute Gasteiger partial charge is 0.341 e. The van der Waals surface area contributed by atoms with Crippen molar-refractivity contribution in [2.24, 2.45) is 0 Å². The third kappa shape index (κ3) is 2.62. The molecule has 1 saturated carbocycles. The topological polar surface area (TPSA) is 57.2 Å². The van der Waals surface area contributed by atoms with Gasteiger partial charge < -0.3 is 15.0 Å². The molecule has 4 nitrogen and oxygen atoms in total. The molecule has 1 aliphatic rings. The first-order valence-corrected chi connectivity index (χ1v) is 6.36. The summed E-state index contributed by atoms with van der Waals surface area (Å²) in [5, 5.41) is 0. The van der Waals surface area contributed by atoms with Crippen LogP contribution in [0.25, 0.3) is 0 Å². The molecule has 4 heteroatoms. The molecule has 2 N–H and O–H groups in total. The molecule has 0 atom stereocenters. The Morgan fingerprint density at radius 2 is 2.12 bits per heavy atom. The van der Waals surface area contributed by atoms with E-state index >= 15 is 0 Å². The molecule has 0 aliphatic heterocycles. The molecule has 1 heterocycles. The summed E-state index contributed by atoms with van der Waals surface area (Å²) < 4.78 is 7.06. The van der Waals surface area contributed by atoms with Gasteiger partial charge in [0, 0.05) is 18.4 Å². The fourth-order valence-electron chi connectivity index (χ4n) is 2.46. The Hall–Kier alpha value is -1.45. The zero-order valence-electron chi connectivity index (χ0n) is 10.3. The molecule has 0 bridgehead atoms. The van der Waals surface area contributed by atoms with Crippen molar-refractivity contribution >= 4 is 11.7 Å². The second-order valence-electron chi connectivity index (χ2n) is 4.59. The van der Waals surface area contributed by atoms with Gasteiger partial charge in [-0.1, -0.05) is 19.3 Å². The fraction of sp³-hybridized carbons (Fsp3) is 0.615. The second kappa shape index (κ2) is 5.25. The first-order chi connectivity index (χ1) is 8.22. The lowest BCUT2D eigenvalue weighted by atomic mass is 9.95. The summed E-state index contributed by atoms with van der Waals surface area (Å²) in [4.78, 5) is 11.6. The standard InChI is InChI=1S/C13H20N2O2/c1-2-17-13(16)11-8-15(9-12(11)14)10-6-4-3-5-7-10/h8-10H,2-7,14H2,1H3. The number of rotatable bonds is 3. The highest BCUT2D eigenvalue weighted by molar-refractivity contribution is 5.94. The molecular formula is C13H20N2O2. The van der Waals surface area contributed by atoms with E-state index in [-0.39, 0.29) is 5.97 Å². The van der Waals surface area contributed by atoms with Crippen molar-refractivity contribution in [2.45, 2.75) is 45.1 Å². The van der Waals surface area contributed by atoms with Crippen molar-refractivity contribution in [3.63, 3.8) is 0 Å². The van der Waals surface area contributed by atoms with Crippen LogP contribution in [0, 0.1) is 0 Å². The first kappa shape index (κ1) is 12.0. The van der Waals surface area contributed by atoms with E-state index in [4.69, 9.17) is 10.5 Å². The number of carbonyl (C=O) groups excluding carboxylic acids is 1. The van der Waals surface area contributed by atoms with Crippen LogP contribution in [-0.2, 0) is 4.74 Å². The van der Waals surface area contributed by atoms with Gasteiger partial charge in [-0.05, 0) is 19.8 Å². The van der Waals surface area contributed by atoms with Crippen molar-refractivity contribution in [3.05, 3.63) is 18.0 Å². The number of ether oxygens (including phenoxy) is 1. The van der Waals surface area contributed by atoms with E-state index < -0.39 is 0 Å². The van der Waals surface area contributed by atoms with Gasteiger partial charge in [0.05, 0.1) is 12.3 Å². The van der Waals surface area contributed by atoms with Gasteiger partial charge in [-0.15, -0.1) is 0 Å². The SMILES string of the molecule is CCOC(=O)c1cn(C2CCCCC2)cc1N. The highest BCUT2D eigenvalue weighted by Crippen LogP contribution is 2.30. The second-order valence-corrected chi connectivity index (χ2v) is 4.59. The van der Waals surface area contributed by atoms with Crippen LogP contribution in [0.5, 0.6) is 0 Å². The molecule has 1 aromatic rings. The van der Waals surface area contributed by atoms with Crippen LogP contribution in [-0.4, -0.2) is 17.1 Å². The largest absolute Gasteiger partial charge is 0.462 e. The van der Waals surface area contributed by atoms with E-state index in [0.29, 0.717) is 23.9 Å². The molecule has 1 fully saturated rings. The number of esters is 1. The highest BCUT2D eigenvalue weighted by atomic mass is 16.5. The normalized spacial score (nSPS) is 17.0. The number of nitrogen functional groups attached to an aromatic ring is 1. The van der Waals surface area contributed by atoms with Crippen molar-refractivity contribution in [3.8, 4) is 0 Å². The van der Waals surface area contributed by atoms with Gasteiger partial charge in [0.2, 0.25) is 0 Å². The van der Waals surface area contributed by atoms with Gasteiger partial charge >= 0.3 is 5.97 Å². The van der Waals surface area contributed by atoms with Crippen molar-refractivity contribution in [1.82, 2.24) is 4.57 Å². The predicted octanol–water partition coefficient (Wildman–Crippen LogP) is 2.75. The Bertz CT molecular complexity index is 392. The molecule has 0 spiro atoms. The molecule has 0 saturated heterocycles. The van der Waals surface area contributed by atoms with Crippen LogP contribution in [0.15, 0.2) is 12.4 Å². The Labute approximate surface area is 102 Å². The van der Waals surface area contributed by atoms with E-state index in [9.17, 15) is 4.79 Å². The third-order valence-electron chi connectivity index (χ3n) is 3.37. The summed E-state index contributed by atoms with van der Waals surface area (Å²) in [5.74, 6) is -0.320. The quantitative estimate of drug-likeness (QED) is 0.821. The van der Waals surface area contributed by atoms with Gasteiger partial charge in [0.25, 0.3) is 0 Å². The Morgan fingerprint density at radius 3 is 2.76 bits per heavy atom. The average molecular weight is 236 g/mol. The van der Waals surface area contributed by atoms with Crippen molar-refractivity contribution in [2.75, 3.05) is 12.3 Å². The first-order valence-electron chi connectivity index (χ1n) is 6.36. The summed E-state index contributed by atoms with van der Waals surface area (Å²) in [7, 11) is 0. The number of hydrogen-bond acceptors (Lipinski definition) is 3. The lowest BCUT2D eigenvalue weighted by molar-refractivity contribution is 0.0527. The number of carbonyl (C=O) groups is 1. The molecule has 0 aromatic carbocycles. The number of hydrogen-bond donors (Lipinski definition) is 1. The zero-order chi connectivity index (χ0) is 12.3. The van der Waals surface area contributed by atoms with E-state index in [0.717, 1.165) is 0 Å². The number of aromatic nitrogens is 1. The monoisotopic (exact) mass is 236 g/mol. The zero-order valence-corrected chi connectivity index (χ0v) is 10.3. The van der Waals surface area contributed by atoms with E-state index in [2.05, 4.69) is 4.57 Å². The molecule has 94 valence electrons. The van der Waals surface area contributed by atoms with Crippen LogP contribution >= 0.6 is 0 Å². The summed E-state index contributed by atoms with van der Waals surface area (Å²) in [6.07, 6.45) is 9.89. The summed E-state index contributed by atoms with van der Waals surface area (Å²) in [5.41, 5.74) is 6.88. The number of anilines is 1. The third-order valence-corrected chi connectivity index (χ3v) is 3.37. The average Bonchev–Trinajstić information content (AvgIpc) is 2.73. The van der Waals surface area contributed by atoms with Crippen LogP contribution < -0.4 is 5.73 Å². The fourth-order valence-corrected chi connectivity index (χ4v) is 2.46. The van der Waals surface area contributed by atoms with Crippen molar-refractivity contribution in [1.29, 1.82) is 0 Å². The van der Waals surface area contributed by atoms with Gasteiger partial charge in [-0.2, -0.15) is 0 Å². The van der Waals surface area contributed by atoms with Crippen LogP contribution in [0.2, 0.25) is 0 Å². The van der Waals surface area contributed by atoms with E-state index in [1.165, 1.54) is 32.1 Å². The minimum atomic E-state index is -0.320. The molecule has 1 aromatic heterocycles. The minimum absolute atomic E-state index is 0.320. The van der Waals surface area contributed by atoms with Gasteiger partial charge in [-0.3, -0.25) is 0 Å². The van der Waals surface area contributed by atoms with Crippen LogP contribution in [0.3, 0.4) is 0 Å². The lowest BCUT2D eigenvalue weighted by Gasteiger charge is -2.23. The minimum Gasteiger partial charge on any atom is -0.462 e.